The summed E-state index contributed by atoms with van der Waals surface area (Å²) in [6.45, 7) is 4.22. The summed E-state index contributed by atoms with van der Waals surface area (Å²) in [5.41, 5.74) is 0. The molecule has 0 aliphatic heterocycles. The van der Waals surface area contributed by atoms with Gasteiger partial charge in [0.1, 0.15) is 12.4 Å². The molecule has 1 aromatic rings. The van der Waals surface area contributed by atoms with E-state index in [0.29, 0.717) is 6.54 Å². The second-order valence-electron chi connectivity index (χ2n) is 3.43. The van der Waals surface area contributed by atoms with Crippen molar-refractivity contribution in [1.82, 2.24) is 20.2 Å². The average Bonchev–Trinajstić information content (AvgIpc) is 2.79. The molecule has 0 saturated heterocycles. The van der Waals surface area contributed by atoms with Gasteiger partial charge < -0.3 is 10.6 Å². The molecular weight excluding hydrogens is 208 g/mol. The van der Waals surface area contributed by atoms with Crippen molar-refractivity contribution in [2.24, 2.45) is 0 Å². The van der Waals surface area contributed by atoms with Gasteiger partial charge in [0.15, 0.2) is 0 Å². The number of nitrogens with one attached hydrogen (secondary N) is 2. The van der Waals surface area contributed by atoms with Crippen LogP contribution >= 0.6 is 0 Å². The number of hydrogen-bond donors (Lipinski definition) is 2. The van der Waals surface area contributed by atoms with E-state index in [2.05, 4.69) is 15.6 Å². The largest absolute Gasteiger partial charge is 0.354 e. The van der Waals surface area contributed by atoms with Crippen LogP contribution in [0.2, 0.25) is 0 Å². The van der Waals surface area contributed by atoms with Gasteiger partial charge in [0.25, 0.3) is 0 Å². The van der Waals surface area contributed by atoms with E-state index in [1.165, 1.54) is 23.3 Å². The van der Waals surface area contributed by atoms with Crippen LogP contribution < -0.4 is 10.6 Å². The number of carbonyl (C=O) groups excluding carboxylic acids is 2. The number of rotatable bonds is 4. The Bertz CT molecular complexity index is 348. The molecule has 1 unspecified atom stereocenters. The van der Waals surface area contributed by atoms with Crippen molar-refractivity contribution in [2.75, 3.05) is 6.54 Å². The highest BCUT2D eigenvalue weighted by Gasteiger charge is 2.15. The quantitative estimate of drug-likeness (QED) is 0.775. The Labute approximate surface area is 94.0 Å². The Morgan fingerprint density at radius 1 is 1.50 bits per heavy atom. The van der Waals surface area contributed by atoms with Gasteiger partial charge in [-0.2, -0.15) is 0 Å². The van der Waals surface area contributed by atoms with Crippen molar-refractivity contribution >= 4 is 11.9 Å². The molecule has 0 spiro atoms. The van der Waals surface area contributed by atoms with E-state index in [0.717, 1.165) is 6.42 Å². The third kappa shape index (κ3) is 3.38. The molecule has 0 bridgehead atoms. The molecule has 0 fully saturated rings. The van der Waals surface area contributed by atoms with Crippen LogP contribution in [0.25, 0.3) is 0 Å². The van der Waals surface area contributed by atoms with Crippen molar-refractivity contribution in [3.8, 4) is 0 Å². The fourth-order valence-corrected chi connectivity index (χ4v) is 1.11. The zero-order valence-electron chi connectivity index (χ0n) is 9.43. The predicted octanol–water partition coefficient (Wildman–Crippen LogP) is 0.355. The SMILES string of the molecule is CCCNC(=O)C(C)NC(=O)n1ccnc1. The minimum atomic E-state index is -0.554. The highest BCUT2D eigenvalue weighted by Crippen LogP contribution is 1.88. The maximum atomic E-state index is 11.5. The molecule has 88 valence electrons. The lowest BCUT2D eigenvalue weighted by Gasteiger charge is -2.13. The van der Waals surface area contributed by atoms with Gasteiger partial charge in [-0.3, -0.25) is 9.36 Å². The number of amides is 2. The molecule has 1 atom stereocenters. The lowest BCUT2D eigenvalue weighted by atomic mass is 10.3. The van der Waals surface area contributed by atoms with Gasteiger partial charge >= 0.3 is 6.03 Å². The molecule has 0 aliphatic rings. The molecule has 1 rings (SSSR count). The number of hydrogen-bond acceptors (Lipinski definition) is 3. The predicted molar refractivity (Wildman–Crippen MR) is 58.9 cm³/mol. The molecule has 1 heterocycles. The summed E-state index contributed by atoms with van der Waals surface area (Å²) in [6, 6.07) is -0.918. The van der Waals surface area contributed by atoms with Gasteiger partial charge in [-0.15, -0.1) is 0 Å². The molecule has 0 aromatic carbocycles. The Kier molecular flexibility index (Phi) is 4.50. The van der Waals surface area contributed by atoms with Crippen molar-refractivity contribution in [3.05, 3.63) is 18.7 Å². The molecule has 16 heavy (non-hydrogen) atoms. The summed E-state index contributed by atoms with van der Waals surface area (Å²) in [5.74, 6) is -0.185. The van der Waals surface area contributed by atoms with Crippen molar-refractivity contribution in [2.45, 2.75) is 26.3 Å². The van der Waals surface area contributed by atoms with Gasteiger partial charge in [-0.25, -0.2) is 9.78 Å². The van der Waals surface area contributed by atoms with E-state index in [4.69, 9.17) is 0 Å². The van der Waals surface area contributed by atoms with Gasteiger partial charge in [0.2, 0.25) is 5.91 Å². The van der Waals surface area contributed by atoms with Crippen molar-refractivity contribution in [1.29, 1.82) is 0 Å². The first-order chi connectivity index (χ1) is 7.65. The molecule has 6 nitrogen and oxygen atoms in total. The van der Waals surface area contributed by atoms with E-state index in [1.54, 1.807) is 6.92 Å². The molecule has 0 aliphatic carbocycles. The third-order valence-corrected chi connectivity index (χ3v) is 2.02. The number of carbonyl (C=O) groups is 2. The molecule has 0 saturated carbocycles. The number of imidazole rings is 1. The number of aromatic nitrogens is 2. The van der Waals surface area contributed by atoms with Crippen LogP contribution in [0, 0.1) is 0 Å². The van der Waals surface area contributed by atoms with E-state index in [1.807, 2.05) is 6.92 Å². The topological polar surface area (TPSA) is 76.0 Å². The minimum Gasteiger partial charge on any atom is -0.354 e. The van der Waals surface area contributed by atoms with Gasteiger partial charge in [-0.1, -0.05) is 6.92 Å². The van der Waals surface area contributed by atoms with Crippen molar-refractivity contribution in [3.63, 3.8) is 0 Å². The third-order valence-electron chi connectivity index (χ3n) is 2.02. The average molecular weight is 224 g/mol. The van der Waals surface area contributed by atoms with Gasteiger partial charge in [0, 0.05) is 18.9 Å². The first kappa shape index (κ1) is 12.2. The standard InChI is InChI=1S/C10H16N4O2/c1-3-4-12-9(15)8(2)13-10(16)14-6-5-11-7-14/h5-8H,3-4H2,1-2H3,(H,12,15)(H,13,16). The first-order valence-electron chi connectivity index (χ1n) is 5.21. The van der Waals surface area contributed by atoms with Crippen LogP contribution in [-0.2, 0) is 4.79 Å². The Balaban J connectivity index is 2.42. The lowest BCUT2D eigenvalue weighted by Crippen LogP contribution is -2.46. The second kappa shape index (κ2) is 5.89. The fraction of sp³-hybridized carbons (Fsp3) is 0.500. The van der Waals surface area contributed by atoms with Crippen LogP contribution in [0.5, 0.6) is 0 Å². The first-order valence-corrected chi connectivity index (χ1v) is 5.21. The van der Waals surface area contributed by atoms with Crippen LogP contribution in [0.4, 0.5) is 4.79 Å². The van der Waals surface area contributed by atoms with Crippen LogP contribution in [0.15, 0.2) is 18.7 Å². The highest BCUT2D eigenvalue weighted by atomic mass is 16.2. The fourth-order valence-electron chi connectivity index (χ4n) is 1.11. The zero-order chi connectivity index (χ0) is 12.0. The summed E-state index contributed by atoms with van der Waals surface area (Å²) in [6.07, 6.45) is 5.27. The monoisotopic (exact) mass is 224 g/mol. The smallest absolute Gasteiger partial charge is 0.327 e. The van der Waals surface area contributed by atoms with E-state index in [9.17, 15) is 9.59 Å². The molecule has 6 heteroatoms. The summed E-state index contributed by atoms with van der Waals surface area (Å²) < 4.78 is 1.28. The maximum absolute atomic E-state index is 11.5. The normalized spacial score (nSPS) is 11.9. The maximum Gasteiger partial charge on any atom is 0.327 e. The summed E-state index contributed by atoms with van der Waals surface area (Å²) in [7, 11) is 0. The highest BCUT2D eigenvalue weighted by molar-refractivity contribution is 5.87. The zero-order valence-corrected chi connectivity index (χ0v) is 9.43. The van der Waals surface area contributed by atoms with E-state index < -0.39 is 6.04 Å². The summed E-state index contributed by atoms with van der Waals surface area (Å²) in [5, 5.41) is 5.27. The molecule has 0 radical (unpaired) electrons. The Morgan fingerprint density at radius 3 is 2.81 bits per heavy atom. The van der Waals surface area contributed by atoms with Crippen LogP contribution in [-0.4, -0.2) is 34.1 Å². The van der Waals surface area contributed by atoms with E-state index >= 15 is 0 Å². The molecule has 2 amide bonds. The van der Waals surface area contributed by atoms with Gasteiger partial charge in [0.05, 0.1) is 0 Å². The number of nitrogens with zero attached hydrogens (tertiary/aromatic N) is 2. The molecule has 2 N–H and O–H groups in total. The molecular formula is C10H16N4O2. The lowest BCUT2D eigenvalue weighted by molar-refractivity contribution is -0.122. The van der Waals surface area contributed by atoms with Crippen LogP contribution in [0.1, 0.15) is 20.3 Å². The summed E-state index contributed by atoms with van der Waals surface area (Å²) >= 11 is 0. The Morgan fingerprint density at radius 2 is 2.25 bits per heavy atom. The van der Waals surface area contributed by atoms with Crippen LogP contribution in [0.3, 0.4) is 0 Å². The summed E-state index contributed by atoms with van der Waals surface area (Å²) in [4.78, 5) is 26.7. The molecule has 1 aromatic heterocycles. The second-order valence-corrected chi connectivity index (χ2v) is 3.43. The minimum absolute atomic E-state index is 0.185. The van der Waals surface area contributed by atoms with E-state index in [-0.39, 0.29) is 11.9 Å². The Hall–Kier alpha value is -1.85. The van der Waals surface area contributed by atoms with Gasteiger partial charge in [-0.05, 0) is 13.3 Å². The van der Waals surface area contributed by atoms with Crippen molar-refractivity contribution < 1.29 is 9.59 Å².